The second-order valence-corrected chi connectivity index (χ2v) is 5.13. The van der Waals surface area contributed by atoms with Gasteiger partial charge in [-0.1, -0.05) is 0 Å². The monoisotopic (exact) mass is 281 g/mol. The third-order valence-corrected chi connectivity index (χ3v) is 3.80. The summed E-state index contributed by atoms with van der Waals surface area (Å²) in [5.74, 6) is -1.07. The smallest absolute Gasteiger partial charge is 0.304 e. The largest absolute Gasteiger partial charge is 0.481 e. The summed E-state index contributed by atoms with van der Waals surface area (Å²) < 4.78 is 13.2. The molecule has 1 aliphatic heterocycles. The molecular formula is C14H20FN3O2. The van der Waals surface area contributed by atoms with Crippen molar-refractivity contribution in [2.45, 2.75) is 19.4 Å². The predicted octanol–water partition coefficient (Wildman–Crippen LogP) is 1.37. The number of hydrogen-bond acceptors (Lipinski definition) is 4. The number of halogens is 1. The van der Waals surface area contributed by atoms with E-state index in [4.69, 9.17) is 5.11 Å². The van der Waals surface area contributed by atoms with Crippen LogP contribution in [0.2, 0.25) is 0 Å². The van der Waals surface area contributed by atoms with E-state index in [2.05, 4.69) is 14.8 Å². The van der Waals surface area contributed by atoms with Gasteiger partial charge in [0.1, 0.15) is 5.82 Å². The quantitative estimate of drug-likeness (QED) is 0.883. The van der Waals surface area contributed by atoms with E-state index in [-0.39, 0.29) is 18.3 Å². The minimum Gasteiger partial charge on any atom is -0.481 e. The van der Waals surface area contributed by atoms with Crippen LogP contribution in [0, 0.1) is 5.82 Å². The van der Waals surface area contributed by atoms with E-state index in [9.17, 15) is 9.18 Å². The van der Waals surface area contributed by atoms with Gasteiger partial charge in [-0.15, -0.1) is 0 Å². The normalized spacial score (nSPS) is 18.9. The summed E-state index contributed by atoms with van der Waals surface area (Å²) in [6, 6.07) is 1.65. The Morgan fingerprint density at radius 2 is 2.10 bits per heavy atom. The summed E-state index contributed by atoms with van der Waals surface area (Å²) in [5.41, 5.74) is 0.879. The van der Waals surface area contributed by atoms with Crippen LogP contribution in [0.4, 0.5) is 4.39 Å². The van der Waals surface area contributed by atoms with Crippen LogP contribution in [-0.2, 0) is 4.79 Å². The van der Waals surface area contributed by atoms with Crippen molar-refractivity contribution < 1.29 is 14.3 Å². The molecule has 2 rings (SSSR count). The van der Waals surface area contributed by atoms with Crippen molar-refractivity contribution in [1.29, 1.82) is 0 Å². The molecule has 1 fully saturated rings. The molecule has 110 valence electrons. The van der Waals surface area contributed by atoms with E-state index in [1.807, 2.05) is 6.92 Å². The Balaban J connectivity index is 1.85. The van der Waals surface area contributed by atoms with Crippen molar-refractivity contribution in [3.8, 4) is 0 Å². The topological polar surface area (TPSA) is 56.7 Å². The Morgan fingerprint density at radius 1 is 1.40 bits per heavy atom. The first-order valence-corrected chi connectivity index (χ1v) is 6.85. The molecule has 0 spiro atoms. The first-order chi connectivity index (χ1) is 9.56. The number of carboxylic acid groups (broad SMARTS) is 1. The minimum atomic E-state index is -0.758. The Kier molecular flexibility index (Phi) is 5.03. The van der Waals surface area contributed by atoms with E-state index < -0.39 is 5.97 Å². The van der Waals surface area contributed by atoms with Crippen LogP contribution in [0.25, 0.3) is 0 Å². The van der Waals surface area contributed by atoms with Crippen LogP contribution >= 0.6 is 0 Å². The van der Waals surface area contributed by atoms with E-state index in [0.29, 0.717) is 6.54 Å². The number of aromatic nitrogens is 1. The molecule has 6 heteroatoms. The molecule has 20 heavy (non-hydrogen) atoms. The number of nitrogens with zero attached hydrogens (tertiary/aromatic N) is 3. The number of hydrogen-bond donors (Lipinski definition) is 1. The maximum atomic E-state index is 13.2. The molecule has 5 nitrogen and oxygen atoms in total. The highest BCUT2D eigenvalue weighted by Crippen LogP contribution is 2.21. The average molecular weight is 281 g/mol. The SMILES string of the molecule is CC(c1cncc(F)c1)N1CCN(CCC(=O)O)CC1. The lowest BCUT2D eigenvalue weighted by Gasteiger charge is -2.38. The first-order valence-electron chi connectivity index (χ1n) is 6.85. The summed E-state index contributed by atoms with van der Waals surface area (Å²) >= 11 is 0. The lowest BCUT2D eigenvalue weighted by Crippen LogP contribution is -2.47. The summed E-state index contributed by atoms with van der Waals surface area (Å²) in [6.07, 6.45) is 3.09. The van der Waals surface area contributed by atoms with Gasteiger partial charge in [0.25, 0.3) is 0 Å². The Hall–Kier alpha value is -1.53. The van der Waals surface area contributed by atoms with E-state index in [1.165, 1.54) is 12.3 Å². The second kappa shape index (κ2) is 6.76. The van der Waals surface area contributed by atoms with Crippen LogP contribution in [0.15, 0.2) is 18.5 Å². The fourth-order valence-electron chi connectivity index (χ4n) is 2.50. The molecule has 0 amide bonds. The predicted molar refractivity (Wildman–Crippen MR) is 72.9 cm³/mol. The molecule has 0 saturated carbocycles. The summed E-state index contributed by atoms with van der Waals surface area (Å²) in [6.45, 7) is 6.05. The molecule has 1 aliphatic rings. The molecule has 1 atom stereocenters. The summed E-state index contributed by atoms with van der Waals surface area (Å²) in [7, 11) is 0. The van der Waals surface area contributed by atoms with Crippen LogP contribution in [0.5, 0.6) is 0 Å². The third kappa shape index (κ3) is 3.98. The molecule has 1 N–H and O–H groups in total. The van der Waals surface area contributed by atoms with Gasteiger partial charge in [0.15, 0.2) is 0 Å². The highest BCUT2D eigenvalue weighted by atomic mass is 19.1. The zero-order valence-corrected chi connectivity index (χ0v) is 11.6. The van der Waals surface area contributed by atoms with E-state index >= 15 is 0 Å². The summed E-state index contributed by atoms with van der Waals surface area (Å²) in [4.78, 5) is 18.9. The Bertz CT molecular complexity index is 461. The van der Waals surface area contributed by atoms with Gasteiger partial charge in [0, 0.05) is 45.0 Å². The second-order valence-electron chi connectivity index (χ2n) is 5.13. The lowest BCUT2D eigenvalue weighted by molar-refractivity contribution is -0.137. The number of aliphatic carboxylic acids is 1. The van der Waals surface area contributed by atoms with E-state index in [0.717, 1.165) is 31.7 Å². The highest BCUT2D eigenvalue weighted by molar-refractivity contribution is 5.66. The lowest BCUT2D eigenvalue weighted by atomic mass is 10.1. The molecular weight excluding hydrogens is 261 g/mol. The number of pyridine rings is 1. The van der Waals surface area contributed by atoms with Gasteiger partial charge >= 0.3 is 5.97 Å². The van der Waals surface area contributed by atoms with Crippen molar-refractivity contribution in [3.63, 3.8) is 0 Å². The minimum absolute atomic E-state index is 0.125. The van der Waals surface area contributed by atoms with Gasteiger partial charge in [-0.05, 0) is 18.6 Å². The Morgan fingerprint density at radius 3 is 2.70 bits per heavy atom. The van der Waals surface area contributed by atoms with Crippen LogP contribution in [-0.4, -0.2) is 58.6 Å². The molecule has 1 saturated heterocycles. The maximum absolute atomic E-state index is 13.2. The molecule has 0 aliphatic carbocycles. The van der Waals surface area contributed by atoms with Crippen molar-refractivity contribution in [2.24, 2.45) is 0 Å². The highest BCUT2D eigenvalue weighted by Gasteiger charge is 2.22. The molecule has 1 unspecified atom stereocenters. The van der Waals surface area contributed by atoms with Crippen LogP contribution in [0.1, 0.15) is 24.9 Å². The number of carbonyl (C=O) groups is 1. The van der Waals surface area contributed by atoms with Gasteiger partial charge in [0.2, 0.25) is 0 Å². The van der Waals surface area contributed by atoms with Gasteiger partial charge in [0.05, 0.1) is 12.6 Å². The van der Waals surface area contributed by atoms with Crippen molar-refractivity contribution in [2.75, 3.05) is 32.7 Å². The van der Waals surface area contributed by atoms with E-state index in [1.54, 1.807) is 6.20 Å². The molecule has 0 bridgehead atoms. The van der Waals surface area contributed by atoms with Gasteiger partial charge in [-0.25, -0.2) is 4.39 Å². The van der Waals surface area contributed by atoms with Crippen molar-refractivity contribution in [1.82, 2.24) is 14.8 Å². The molecule has 1 aromatic rings. The first kappa shape index (κ1) is 14.9. The zero-order chi connectivity index (χ0) is 14.5. The van der Waals surface area contributed by atoms with Crippen molar-refractivity contribution >= 4 is 5.97 Å². The number of carboxylic acids is 1. The van der Waals surface area contributed by atoms with Gasteiger partial charge in [-0.2, -0.15) is 0 Å². The average Bonchev–Trinajstić information content (AvgIpc) is 2.45. The van der Waals surface area contributed by atoms with Gasteiger partial charge < -0.3 is 10.0 Å². The van der Waals surface area contributed by atoms with Crippen LogP contribution < -0.4 is 0 Å². The fraction of sp³-hybridized carbons (Fsp3) is 0.571. The molecule has 0 aromatic carbocycles. The fourth-order valence-corrected chi connectivity index (χ4v) is 2.50. The van der Waals surface area contributed by atoms with Crippen molar-refractivity contribution in [3.05, 3.63) is 29.8 Å². The molecule has 2 heterocycles. The molecule has 0 radical (unpaired) electrons. The molecule has 1 aromatic heterocycles. The maximum Gasteiger partial charge on any atom is 0.304 e. The Labute approximate surface area is 118 Å². The number of rotatable bonds is 5. The van der Waals surface area contributed by atoms with Crippen LogP contribution in [0.3, 0.4) is 0 Å². The summed E-state index contributed by atoms with van der Waals surface area (Å²) in [5, 5.41) is 8.68. The third-order valence-electron chi connectivity index (χ3n) is 3.80. The number of piperazine rings is 1. The van der Waals surface area contributed by atoms with Gasteiger partial charge in [-0.3, -0.25) is 14.7 Å². The standard InChI is InChI=1S/C14H20FN3O2/c1-11(12-8-13(15)10-16-9-12)18-6-4-17(5-7-18)3-2-14(19)20/h8-11H,2-7H2,1H3,(H,19,20). The zero-order valence-electron chi connectivity index (χ0n) is 11.6.